The molecule has 5 rings (SSSR count). The third-order valence-electron chi connectivity index (χ3n) is 6.91. The van der Waals surface area contributed by atoms with Crippen LogP contribution < -0.4 is 0 Å². The van der Waals surface area contributed by atoms with Gasteiger partial charge in [0.25, 0.3) is 0 Å². The first-order valence-electron chi connectivity index (χ1n) is 8.47. The molecule has 1 nitrogen and oxygen atoms in total. The summed E-state index contributed by atoms with van der Waals surface area (Å²) in [5.74, 6) is 0. The topological polar surface area (TPSA) is 3.24 Å². The minimum atomic E-state index is 0.368. The van der Waals surface area contributed by atoms with Gasteiger partial charge < -0.3 is 4.90 Å². The molecule has 0 bridgehead atoms. The smallest absolute Gasteiger partial charge is 0.0771 e. The fourth-order valence-corrected chi connectivity index (χ4v) is 5.70. The fourth-order valence-electron chi connectivity index (χ4n) is 5.70. The molecular formula is C20H23N. The molecule has 1 aromatic carbocycles. The second-order valence-electron chi connectivity index (χ2n) is 7.48. The zero-order chi connectivity index (χ0) is 14.4. The van der Waals surface area contributed by atoms with E-state index in [1.807, 2.05) is 0 Å². The van der Waals surface area contributed by atoms with E-state index in [9.17, 15) is 0 Å². The van der Waals surface area contributed by atoms with Gasteiger partial charge in [-0.25, -0.2) is 0 Å². The van der Waals surface area contributed by atoms with Crippen molar-refractivity contribution in [2.75, 3.05) is 0 Å². The molecule has 1 heteroatoms. The average Bonchev–Trinajstić information content (AvgIpc) is 2.98. The van der Waals surface area contributed by atoms with Crippen LogP contribution in [0.4, 0.5) is 0 Å². The van der Waals surface area contributed by atoms with E-state index in [1.165, 1.54) is 19.3 Å². The van der Waals surface area contributed by atoms with Crippen LogP contribution in [0.1, 0.15) is 62.8 Å². The fraction of sp³-hybridized carbons (Fsp3) is 0.500. The number of hydrogen-bond acceptors (Lipinski definition) is 1. The normalized spacial score (nSPS) is 37.7. The summed E-state index contributed by atoms with van der Waals surface area (Å²) >= 11 is 0. The lowest BCUT2D eigenvalue weighted by Crippen LogP contribution is -2.46. The molecule has 0 spiro atoms. The van der Waals surface area contributed by atoms with Gasteiger partial charge >= 0.3 is 0 Å². The van der Waals surface area contributed by atoms with Crippen molar-refractivity contribution in [3.63, 3.8) is 0 Å². The molecule has 3 unspecified atom stereocenters. The van der Waals surface area contributed by atoms with Crippen molar-refractivity contribution >= 4 is 0 Å². The molecular weight excluding hydrogens is 254 g/mol. The highest BCUT2D eigenvalue weighted by molar-refractivity contribution is 5.62. The highest BCUT2D eigenvalue weighted by Gasteiger charge is 2.71. The molecule has 0 N–H and O–H groups in total. The van der Waals surface area contributed by atoms with Crippen molar-refractivity contribution in [2.45, 2.75) is 63.5 Å². The van der Waals surface area contributed by atoms with E-state index in [1.54, 1.807) is 27.8 Å². The van der Waals surface area contributed by atoms with Gasteiger partial charge in [0.2, 0.25) is 0 Å². The van der Waals surface area contributed by atoms with Crippen LogP contribution in [0, 0.1) is 0 Å². The monoisotopic (exact) mass is 277 g/mol. The zero-order valence-electron chi connectivity index (χ0n) is 13.2. The molecule has 0 saturated heterocycles. The predicted molar refractivity (Wildman–Crippen MR) is 86.2 cm³/mol. The summed E-state index contributed by atoms with van der Waals surface area (Å²) in [7, 11) is 0. The van der Waals surface area contributed by atoms with E-state index in [0.29, 0.717) is 17.0 Å². The molecule has 2 heterocycles. The quantitative estimate of drug-likeness (QED) is 0.761. The molecule has 3 atom stereocenters. The zero-order valence-corrected chi connectivity index (χ0v) is 13.2. The van der Waals surface area contributed by atoms with E-state index in [2.05, 4.69) is 56.1 Å². The maximum absolute atomic E-state index is 2.74. The highest BCUT2D eigenvalue weighted by Crippen LogP contribution is 2.71. The van der Waals surface area contributed by atoms with Gasteiger partial charge in [0.1, 0.15) is 0 Å². The van der Waals surface area contributed by atoms with Crippen LogP contribution in [-0.2, 0) is 11.8 Å². The minimum Gasteiger partial charge on any atom is -0.360 e. The molecule has 2 aliphatic heterocycles. The minimum absolute atomic E-state index is 0.368. The van der Waals surface area contributed by atoms with Gasteiger partial charge in [-0.1, -0.05) is 39.0 Å². The molecule has 0 aromatic heterocycles. The van der Waals surface area contributed by atoms with Crippen LogP contribution in [-0.4, -0.2) is 10.4 Å². The molecule has 2 aliphatic carbocycles. The maximum atomic E-state index is 2.74. The first kappa shape index (κ1) is 12.1. The van der Waals surface area contributed by atoms with Crippen molar-refractivity contribution in [1.82, 2.24) is 4.90 Å². The third kappa shape index (κ3) is 1.11. The van der Waals surface area contributed by atoms with Crippen molar-refractivity contribution in [2.24, 2.45) is 0 Å². The summed E-state index contributed by atoms with van der Waals surface area (Å²) in [6.07, 6.45) is 9.74. The van der Waals surface area contributed by atoms with Crippen LogP contribution in [0.2, 0.25) is 0 Å². The second-order valence-corrected chi connectivity index (χ2v) is 7.48. The van der Waals surface area contributed by atoms with Crippen LogP contribution in [0.15, 0.2) is 41.6 Å². The van der Waals surface area contributed by atoms with E-state index < -0.39 is 0 Å². The predicted octanol–water partition coefficient (Wildman–Crippen LogP) is 4.64. The van der Waals surface area contributed by atoms with E-state index in [-0.39, 0.29) is 0 Å². The maximum Gasteiger partial charge on any atom is 0.0771 e. The number of allylic oxidation sites excluding steroid dienone is 2. The molecule has 1 aromatic rings. The van der Waals surface area contributed by atoms with E-state index in [0.717, 1.165) is 6.42 Å². The van der Waals surface area contributed by atoms with Crippen molar-refractivity contribution in [3.8, 4) is 0 Å². The number of rotatable bonds is 2. The molecule has 4 aliphatic rings. The van der Waals surface area contributed by atoms with E-state index in [4.69, 9.17) is 0 Å². The van der Waals surface area contributed by atoms with Crippen LogP contribution in [0.5, 0.6) is 0 Å². The molecule has 1 fully saturated rings. The lowest BCUT2D eigenvalue weighted by atomic mass is 9.78. The van der Waals surface area contributed by atoms with Gasteiger partial charge in [-0.05, 0) is 59.6 Å². The standard InChI is InChI=1S/C20H23N/c1-4-13-9-10-21-18-15(13)11-14-7-6-8-16(17(14)18)19(3)12-20(19,21)5-2/h6-10,18H,4-5,11-12H2,1-3H3. The van der Waals surface area contributed by atoms with Gasteiger partial charge in [0.05, 0.1) is 11.6 Å². The summed E-state index contributed by atoms with van der Waals surface area (Å²) in [6, 6.07) is 7.62. The Bertz CT molecular complexity index is 725. The Balaban J connectivity index is 1.84. The Morgan fingerprint density at radius 1 is 1.29 bits per heavy atom. The second kappa shape index (κ2) is 3.45. The summed E-state index contributed by atoms with van der Waals surface area (Å²) in [5, 5.41) is 0. The van der Waals surface area contributed by atoms with Gasteiger partial charge in [0, 0.05) is 11.6 Å². The Morgan fingerprint density at radius 2 is 2.14 bits per heavy atom. The Labute approximate surface area is 127 Å². The van der Waals surface area contributed by atoms with E-state index >= 15 is 0 Å². The molecule has 108 valence electrons. The van der Waals surface area contributed by atoms with Crippen molar-refractivity contribution in [1.29, 1.82) is 0 Å². The van der Waals surface area contributed by atoms with Gasteiger partial charge in [-0.3, -0.25) is 0 Å². The number of nitrogens with zero attached hydrogens (tertiary/aromatic N) is 1. The summed E-state index contributed by atoms with van der Waals surface area (Å²) < 4.78 is 0. The average molecular weight is 277 g/mol. The van der Waals surface area contributed by atoms with Crippen LogP contribution >= 0.6 is 0 Å². The van der Waals surface area contributed by atoms with Gasteiger partial charge in [-0.2, -0.15) is 0 Å². The summed E-state index contributed by atoms with van der Waals surface area (Å²) in [6.45, 7) is 7.17. The Morgan fingerprint density at radius 3 is 2.90 bits per heavy atom. The molecule has 1 saturated carbocycles. The first-order valence-corrected chi connectivity index (χ1v) is 8.47. The number of benzene rings is 1. The lowest BCUT2D eigenvalue weighted by Gasteiger charge is -2.47. The number of hydrogen-bond donors (Lipinski definition) is 0. The third-order valence-corrected chi connectivity index (χ3v) is 6.91. The van der Waals surface area contributed by atoms with Crippen molar-refractivity contribution in [3.05, 3.63) is 58.3 Å². The first-order chi connectivity index (χ1) is 10.2. The summed E-state index contributed by atoms with van der Waals surface area (Å²) in [5.41, 5.74) is 8.90. The molecule has 0 radical (unpaired) electrons. The molecule has 0 amide bonds. The Hall–Kier alpha value is -1.50. The number of fused-ring (bicyclic) bond motifs is 3. The van der Waals surface area contributed by atoms with Gasteiger partial charge in [-0.15, -0.1) is 0 Å². The Kier molecular flexibility index (Phi) is 1.99. The SMILES string of the molecule is CCC1=C2Cc3cccc4c3C2N(C=C1)C1(CC)CC41C. The largest absolute Gasteiger partial charge is 0.360 e. The lowest BCUT2D eigenvalue weighted by molar-refractivity contribution is 0.162. The van der Waals surface area contributed by atoms with Crippen molar-refractivity contribution < 1.29 is 0 Å². The molecule has 21 heavy (non-hydrogen) atoms. The van der Waals surface area contributed by atoms with Crippen LogP contribution in [0.3, 0.4) is 0 Å². The van der Waals surface area contributed by atoms with Crippen LogP contribution in [0.25, 0.3) is 0 Å². The van der Waals surface area contributed by atoms with Gasteiger partial charge in [0.15, 0.2) is 0 Å². The highest BCUT2D eigenvalue weighted by atomic mass is 15.3. The summed E-state index contributed by atoms with van der Waals surface area (Å²) in [4.78, 5) is 2.74.